The summed E-state index contributed by atoms with van der Waals surface area (Å²) in [5.74, 6) is 0.821. The highest BCUT2D eigenvalue weighted by atomic mass is 32.1. The average molecular weight is 197 g/mol. The van der Waals surface area contributed by atoms with E-state index in [1.54, 1.807) is 17.5 Å². The fourth-order valence-electron chi connectivity index (χ4n) is 0.829. The molecule has 0 atom stereocenters. The quantitative estimate of drug-likeness (QED) is 0.737. The van der Waals surface area contributed by atoms with E-state index in [0.717, 1.165) is 10.8 Å². The van der Waals surface area contributed by atoms with Gasteiger partial charge in [-0.05, 0) is 30.6 Å². The molecule has 0 spiro atoms. The van der Waals surface area contributed by atoms with Crippen LogP contribution in [0.2, 0.25) is 0 Å². The molecule has 0 saturated carbocycles. The number of thiophene rings is 1. The highest BCUT2D eigenvalue weighted by Gasteiger charge is 1.99. The van der Waals surface area contributed by atoms with Crippen LogP contribution in [0.3, 0.4) is 0 Å². The maximum atomic E-state index is 5.51. The molecule has 4 heteroatoms. The number of hydrogen-bond acceptors (Lipinski definition) is 4. The van der Waals surface area contributed by atoms with Gasteiger partial charge in [-0.1, -0.05) is 0 Å². The first-order chi connectivity index (χ1) is 5.84. The molecule has 0 aliphatic carbocycles. The summed E-state index contributed by atoms with van der Waals surface area (Å²) in [7, 11) is 0. The molecule has 62 valence electrons. The second kappa shape index (κ2) is 3.25. The number of aryl methyl sites for hydroxylation is 1. The molecule has 2 aromatic rings. The Morgan fingerprint density at radius 2 is 2.33 bits per heavy atom. The first-order valence-electron chi connectivity index (χ1n) is 3.48. The van der Waals surface area contributed by atoms with Crippen LogP contribution in [0, 0.1) is 6.92 Å². The fourth-order valence-corrected chi connectivity index (χ4v) is 1.99. The molecule has 0 unspecified atom stereocenters. The predicted octanol–water partition coefficient (Wildman–Crippen LogP) is 3.31. The summed E-state index contributed by atoms with van der Waals surface area (Å²) in [4.78, 5) is 1.26. The zero-order valence-corrected chi connectivity index (χ0v) is 8.11. The molecule has 0 fully saturated rings. The third-order valence-corrected chi connectivity index (χ3v) is 2.79. The molecule has 0 radical (unpaired) electrons. The summed E-state index contributed by atoms with van der Waals surface area (Å²) >= 11 is 3.04. The van der Waals surface area contributed by atoms with Crippen LogP contribution in [-0.4, -0.2) is 4.37 Å². The van der Waals surface area contributed by atoms with Crippen LogP contribution in [0.1, 0.15) is 4.88 Å². The normalized spacial score (nSPS) is 10.1. The van der Waals surface area contributed by atoms with Gasteiger partial charge in [0.1, 0.15) is 0 Å². The van der Waals surface area contributed by atoms with Gasteiger partial charge in [-0.2, -0.15) is 4.37 Å². The van der Waals surface area contributed by atoms with Gasteiger partial charge in [0.2, 0.25) is 0 Å². The smallest absolute Gasteiger partial charge is 0.181 e. The molecule has 0 aliphatic heterocycles. The van der Waals surface area contributed by atoms with Gasteiger partial charge in [-0.3, -0.25) is 0 Å². The minimum absolute atomic E-state index is 0.821. The molecule has 0 bridgehead atoms. The van der Waals surface area contributed by atoms with Crippen molar-refractivity contribution in [3.8, 4) is 10.8 Å². The lowest BCUT2D eigenvalue weighted by molar-refractivity contribution is 0.498. The van der Waals surface area contributed by atoms with Crippen LogP contribution in [0.5, 0.6) is 10.8 Å². The van der Waals surface area contributed by atoms with Crippen LogP contribution < -0.4 is 4.74 Å². The molecule has 0 amide bonds. The Hall–Kier alpha value is -0.870. The number of nitrogens with zero attached hydrogens (tertiary/aromatic N) is 1. The Morgan fingerprint density at radius 1 is 1.42 bits per heavy atom. The maximum Gasteiger partial charge on any atom is 0.181 e. The maximum absolute atomic E-state index is 5.51. The van der Waals surface area contributed by atoms with Crippen molar-refractivity contribution < 1.29 is 4.74 Å². The van der Waals surface area contributed by atoms with E-state index in [1.165, 1.54) is 16.4 Å². The Labute approximate surface area is 78.6 Å². The third kappa shape index (κ3) is 1.65. The number of aromatic nitrogens is 1. The minimum Gasteiger partial charge on any atom is -0.444 e. The van der Waals surface area contributed by atoms with Crippen molar-refractivity contribution in [1.82, 2.24) is 4.37 Å². The van der Waals surface area contributed by atoms with Crippen molar-refractivity contribution in [1.29, 1.82) is 0 Å². The Kier molecular flexibility index (Phi) is 2.10. The molecule has 0 N–H and O–H groups in total. The average Bonchev–Trinajstić information content (AvgIpc) is 2.63. The summed E-state index contributed by atoms with van der Waals surface area (Å²) in [5, 5.41) is 2.81. The number of rotatable bonds is 2. The lowest BCUT2D eigenvalue weighted by atomic mass is 10.5. The molecule has 2 heterocycles. The zero-order valence-electron chi connectivity index (χ0n) is 6.48. The fraction of sp³-hybridized carbons (Fsp3) is 0.125. The third-order valence-electron chi connectivity index (χ3n) is 1.34. The van der Waals surface area contributed by atoms with Crippen molar-refractivity contribution in [2.75, 3.05) is 0 Å². The minimum atomic E-state index is 0.821. The highest BCUT2D eigenvalue weighted by molar-refractivity contribution is 7.13. The van der Waals surface area contributed by atoms with E-state index in [1.807, 2.05) is 17.5 Å². The zero-order chi connectivity index (χ0) is 8.39. The SMILES string of the molecule is Cc1ccc(Oc2cnsc2)s1. The van der Waals surface area contributed by atoms with E-state index >= 15 is 0 Å². The molecular formula is C8H7NOS2. The van der Waals surface area contributed by atoms with Gasteiger partial charge in [0.25, 0.3) is 0 Å². The van der Waals surface area contributed by atoms with Crippen molar-refractivity contribution in [2.24, 2.45) is 0 Å². The van der Waals surface area contributed by atoms with Crippen molar-refractivity contribution in [3.05, 3.63) is 28.6 Å². The number of hydrogen-bond donors (Lipinski definition) is 0. The predicted molar refractivity (Wildman–Crippen MR) is 51.2 cm³/mol. The first-order valence-corrected chi connectivity index (χ1v) is 5.13. The summed E-state index contributed by atoms with van der Waals surface area (Å²) in [6.45, 7) is 2.06. The van der Waals surface area contributed by atoms with Gasteiger partial charge in [0, 0.05) is 4.88 Å². The molecular weight excluding hydrogens is 190 g/mol. The van der Waals surface area contributed by atoms with Gasteiger partial charge >= 0.3 is 0 Å². The van der Waals surface area contributed by atoms with E-state index in [4.69, 9.17) is 4.74 Å². The standard InChI is InChI=1S/C8H7NOS2/c1-6-2-3-8(12-6)10-7-4-9-11-5-7/h2-5H,1H3. The molecule has 2 rings (SSSR count). The Morgan fingerprint density at radius 3 is 2.92 bits per heavy atom. The van der Waals surface area contributed by atoms with Gasteiger partial charge in [0.05, 0.1) is 11.6 Å². The van der Waals surface area contributed by atoms with E-state index in [9.17, 15) is 0 Å². The molecule has 12 heavy (non-hydrogen) atoms. The van der Waals surface area contributed by atoms with Crippen molar-refractivity contribution in [2.45, 2.75) is 6.92 Å². The van der Waals surface area contributed by atoms with Gasteiger partial charge in [-0.15, -0.1) is 11.3 Å². The van der Waals surface area contributed by atoms with Crippen molar-refractivity contribution >= 4 is 22.9 Å². The van der Waals surface area contributed by atoms with Crippen molar-refractivity contribution in [3.63, 3.8) is 0 Å². The Balaban J connectivity index is 2.14. The van der Waals surface area contributed by atoms with E-state index in [2.05, 4.69) is 11.3 Å². The van der Waals surface area contributed by atoms with Gasteiger partial charge in [-0.25, -0.2) is 0 Å². The summed E-state index contributed by atoms with van der Waals surface area (Å²) in [6, 6.07) is 4.01. The van der Waals surface area contributed by atoms with E-state index < -0.39 is 0 Å². The van der Waals surface area contributed by atoms with Crippen LogP contribution >= 0.6 is 22.9 Å². The molecule has 0 aromatic carbocycles. The first kappa shape index (κ1) is 7.76. The summed E-state index contributed by atoms with van der Waals surface area (Å²) in [6.07, 6.45) is 1.72. The van der Waals surface area contributed by atoms with Crippen LogP contribution in [0.4, 0.5) is 0 Å². The summed E-state index contributed by atoms with van der Waals surface area (Å²) < 4.78 is 9.45. The molecule has 0 aliphatic rings. The van der Waals surface area contributed by atoms with Gasteiger partial charge in [0.15, 0.2) is 10.8 Å². The topological polar surface area (TPSA) is 22.1 Å². The number of ether oxygens (including phenoxy) is 1. The summed E-state index contributed by atoms with van der Waals surface area (Å²) in [5.41, 5.74) is 0. The van der Waals surface area contributed by atoms with E-state index in [0.29, 0.717) is 0 Å². The van der Waals surface area contributed by atoms with Crippen LogP contribution in [-0.2, 0) is 0 Å². The largest absolute Gasteiger partial charge is 0.444 e. The van der Waals surface area contributed by atoms with Crippen LogP contribution in [0.15, 0.2) is 23.7 Å². The van der Waals surface area contributed by atoms with E-state index in [-0.39, 0.29) is 0 Å². The van der Waals surface area contributed by atoms with Gasteiger partial charge < -0.3 is 4.74 Å². The molecule has 2 aromatic heterocycles. The lowest BCUT2D eigenvalue weighted by Gasteiger charge is -1.95. The second-order valence-corrected chi connectivity index (χ2v) is 4.24. The molecule has 0 saturated heterocycles. The highest BCUT2D eigenvalue weighted by Crippen LogP contribution is 2.28. The monoisotopic (exact) mass is 197 g/mol. The Bertz CT molecular complexity index is 353. The molecule has 2 nitrogen and oxygen atoms in total. The lowest BCUT2D eigenvalue weighted by Crippen LogP contribution is -1.74. The van der Waals surface area contributed by atoms with Crippen LogP contribution in [0.25, 0.3) is 0 Å². The second-order valence-electron chi connectivity index (χ2n) is 2.33.